The maximum Gasteiger partial charge on any atom is 0.416 e. The number of urea groups is 1. The Morgan fingerprint density at radius 2 is 1.79 bits per heavy atom. The van der Waals surface area contributed by atoms with Crippen molar-refractivity contribution in [3.8, 4) is 0 Å². The summed E-state index contributed by atoms with van der Waals surface area (Å²) >= 11 is 0. The zero-order valence-corrected chi connectivity index (χ0v) is 21.3. The van der Waals surface area contributed by atoms with Crippen LogP contribution in [-0.4, -0.2) is 77.1 Å². The van der Waals surface area contributed by atoms with Gasteiger partial charge < -0.3 is 29.0 Å². The van der Waals surface area contributed by atoms with Crippen LogP contribution in [0.3, 0.4) is 0 Å². The molecule has 2 aliphatic rings. The number of carbonyl (C=O) groups excluding carboxylic acids is 2. The van der Waals surface area contributed by atoms with Crippen molar-refractivity contribution < 1.29 is 37.0 Å². The van der Waals surface area contributed by atoms with Gasteiger partial charge in [0.15, 0.2) is 17.7 Å². The molecule has 1 aliphatic heterocycles. The minimum absolute atomic E-state index is 0.123. The fraction of sp³-hybridized carbons (Fsp3) is 0.423. The van der Waals surface area contributed by atoms with Crippen LogP contribution >= 0.6 is 0 Å². The van der Waals surface area contributed by atoms with E-state index < -0.39 is 29.8 Å². The van der Waals surface area contributed by atoms with Crippen molar-refractivity contribution in [3.05, 3.63) is 70.8 Å². The molecule has 1 fully saturated rings. The molecular weight excluding hydrogens is 505 g/mol. The minimum atomic E-state index is -4.52. The van der Waals surface area contributed by atoms with E-state index >= 15 is 0 Å². The first-order valence-electron chi connectivity index (χ1n) is 12.1. The van der Waals surface area contributed by atoms with Gasteiger partial charge in [-0.25, -0.2) is 14.6 Å². The van der Waals surface area contributed by atoms with E-state index in [1.807, 2.05) is 0 Å². The molecule has 204 valence electrons. The summed E-state index contributed by atoms with van der Waals surface area (Å²) in [5.74, 6) is 0.431. The molecule has 4 rings (SSSR count). The Balaban J connectivity index is 1.42. The molecule has 9 nitrogen and oxygen atoms in total. The van der Waals surface area contributed by atoms with Crippen molar-refractivity contribution in [2.45, 2.75) is 32.0 Å². The number of esters is 1. The van der Waals surface area contributed by atoms with E-state index in [1.54, 1.807) is 24.1 Å². The van der Waals surface area contributed by atoms with Crippen LogP contribution in [0, 0.1) is 6.92 Å². The van der Waals surface area contributed by atoms with Gasteiger partial charge in [0.25, 0.3) is 0 Å². The molecule has 2 heterocycles. The molecule has 1 atom stereocenters. The van der Waals surface area contributed by atoms with Gasteiger partial charge in [0, 0.05) is 51.4 Å². The van der Waals surface area contributed by atoms with Crippen LogP contribution in [0.5, 0.6) is 0 Å². The second-order valence-corrected chi connectivity index (χ2v) is 9.16. The van der Waals surface area contributed by atoms with Gasteiger partial charge in [-0.2, -0.15) is 13.2 Å². The Morgan fingerprint density at radius 3 is 2.32 bits per heavy atom. The first-order chi connectivity index (χ1) is 18.0. The number of piperazine rings is 1. The molecule has 38 heavy (non-hydrogen) atoms. The Morgan fingerprint density at radius 1 is 1.13 bits per heavy atom. The van der Waals surface area contributed by atoms with E-state index in [9.17, 15) is 27.9 Å². The zero-order valence-electron chi connectivity index (χ0n) is 21.3. The third-order valence-corrected chi connectivity index (χ3v) is 6.79. The van der Waals surface area contributed by atoms with Gasteiger partial charge in [-0.05, 0) is 36.6 Å². The highest BCUT2D eigenvalue weighted by Crippen LogP contribution is 2.33. The molecule has 1 N–H and O–H groups in total. The van der Waals surface area contributed by atoms with Gasteiger partial charge in [-0.15, -0.1) is 0 Å². The lowest BCUT2D eigenvalue weighted by atomic mass is 9.98. The molecule has 2 aromatic rings. The van der Waals surface area contributed by atoms with Crippen molar-refractivity contribution >= 4 is 17.6 Å². The average molecular weight is 535 g/mol. The fourth-order valence-corrected chi connectivity index (χ4v) is 4.70. The van der Waals surface area contributed by atoms with E-state index in [0.29, 0.717) is 56.2 Å². The van der Waals surface area contributed by atoms with E-state index in [1.165, 1.54) is 24.1 Å². The summed E-state index contributed by atoms with van der Waals surface area (Å²) in [4.78, 5) is 34.7. The SMILES string of the molecule is COC(=O)C(c1ccc(C(F)(F)F)cc1)N(C)C(=O)N1CCN(C2=CC(O)=C(c3cnc(C)o3)CC2)CC1. The number of rotatable bonds is 5. The summed E-state index contributed by atoms with van der Waals surface area (Å²) in [5, 5.41) is 10.6. The van der Waals surface area contributed by atoms with Crippen LogP contribution in [0.25, 0.3) is 5.57 Å². The Hall–Kier alpha value is -3.96. The number of aromatic nitrogens is 1. The molecule has 12 heteroatoms. The maximum absolute atomic E-state index is 13.3. The first-order valence-corrected chi connectivity index (χ1v) is 12.1. The standard InChI is InChI=1S/C26H29F3N4O5/c1-16-30-15-22(38-16)20-9-8-19(14-21(20)34)32-10-12-33(13-11-32)25(36)31(2)23(24(35)37-3)17-4-6-18(7-5-17)26(27,28)29/h4-7,14-15,23,34H,8-13H2,1-3H3. The summed E-state index contributed by atoms with van der Waals surface area (Å²) in [6.45, 7) is 3.48. The fourth-order valence-electron chi connectivity index (χ4n) is 4.70. The molecule has 2 amide bonds. The number of likely N-dealkylation sites (N-methyl/N-ethyl adjacent to an activating group) is 1. The van der Waals surface area contributed by atoms with Crippen LogP contribution in [0.2, 0.25) is 0 Å². The van der Waals surface area contributed by atoms with Crippen LogP contribution in [0.1, 0.15) is 41.7 Å². The number of aliphatic hydroxyl groups excluding tert-OH is 1. The lowest BCUT2D eigenvalue weighted by molar-refractivity contribution is -0.146. The molecule has 1 saturated heterocycles. The Labute approximate surface area is 217 Å². The third kappa shape index (κ3) is 5.63. The average Bonchev–Trinajstić information content (AvgIpc) is 3.33. The number of benzene rings is 1. The number of allylic oxidation sites excluding steroid dienone is 3. The summed E-state index contributed by atoms with van der Waals surface area (Å²) in [6, 6.07) is 2.46. The number of carbonyl (C=O) groups is 2. The van der Waals surface area contributed by atoms with E-state index in [2.05, 4.69) is 9.88 Å². The number of methoxy groups -OCH3 is 1. The van der Waals surface area contributed by atoms with E-state index in [-0.39, 0.29) is 11.3 Å². The summed E-state index contributed by atoms with van der Waals surface area (Å²) in [5.41, 5.74) is 1.00. The van der Waals surface area contributed by atoms with Gasteiger partial charge in [0.05, 0.1) is 18.9 Å². The number of alkyl halides is 3. The molecule has 1 aromatic carbocycles. The normalized spacial score (nSPS) is 17.3. The van der Waals surface area contributed by atoms with Crippen molar-refractivity contribution in [3.63, 3.8) is 0 Å². The Bertz CT molecular complexity index is 1240. The smallest absolute Gasteiger partial charge is 0.416 e. The predicted octanol–water partition coefficient (Wildman–Crippen LogP) is 4.53. The number of oxazole rings is 1. The number of amides is 2. The topological polar surface area (TPSA) is 99.4 Å². The Kier molecular flexibility index (Phi) is 7.70. The highest BCUT2D eigenvalue weighted by atomic mass is 19.4. The molecule has 1 unspecified atom stereocenters. The lowest BCUT2D eigenvalue weighted by Gasteiger charge is -2.40. The predicted molar refractivity (Wildman–Crippen MR) is 131 cm³/mol. The number of halogens is 3. The van der Waals surface area contributed by atoms with Crippen molar-refractivity contribution in [2.75, 3.05) is 40.3 Å². The van der Waals surface area contributed by atoms with Crippen molar-refractivity contribution in [1.29, 1.82) is 0 Å². The van der Waals surface area contributed by atoms with Gasteiger partial charge in [-0.3, -0.25) is 0 Å². The lowest BCUT2D eigenvalue weighted by Crippen LogP contribution is -2.53. The summed E-state index contributed by atoms with van der Waals surface area (Å²) in [6.07, 6.45) is 0.0517. The van der Waals surface area contributed by atoms with E-state index in [4.69, 9.17) is 9.15 Å². The summed E-state index contributed by atoms with van der Waals surface area (Å²) in [7, 11) is 2.58. The van der Waals surface area contributed by atoms with E-state index in [0.717, 1.165) is 24.9 Å². The van der Waals surface area contributed by atoms with Crippen LogP contribution < -0.4 is 0 Å². The van der Waals surface area contributed by atoms with Gasteiger partial charge in [0.1, 0.15) is 5.76 Å². The highest BCUT2D eigenvalue weighted by Gasteiger charge is 2.35. The van der Waals surface area contributed by atoms with Crippen molar-refractivity contribution in [2.24, 2.45) is 0 Å². The van der Waals surface area contributed by atoms with Gasteiger partial charge in [-0.1, -0.05) is 12.1 Å². The van der Waals surface area contributed by atoms with Crippen molar-refractivity contribution in [1.82, 2.24) is 19.7 Å². The molecular formula is C26H29F3N4O5. The van der Waals surface area contributed by atoms with Gasteiger partial charge >= 0.3 is 18.2 Å². The molecule has 0 bridgehead atoms. The highest BCUT2D eigenvalue weighted by molar-refractivity contribution is 5.84. The number of nitrogens with zero attached hydrogens (tertiary/aromatic N) is 4. The van der Waals surface area contributed by atoms with Crippen LogP contribution in [0.15, 0.2) is 52.4 Å². The molecule has 0 saturated carbocycles. The monoisotopic (exact) mass is 534 g/mol. The van der Waals surface area contributed by atoms with Crippen LogP contribution in [-0.2, 0) is 15.7 Å². The van der Waals surface area contributed by atoms with Gasteiger partial charge in [0.2, 0.25) is 0 Å². The number of aliphatic hydroxyl groups is 1. The largest absolute Gasteiger partial charge is 0.507 e. The third-order valence-electron chi connectivity index (χ3n) is 6.79. The second-order valence-electron chi connectivity index (χ2n) is 9.16. The number of aryl methyl sites for hydroxylation is 1. The molecule has 0 spiro atoms. The zero-order chi connectivity index (χ0) is 27.6. The number of ether oxygens (including phenoxy) is 1. The first kappa shape index (κ1) is 27.1. The number of hydrogen-bond donors (Lipinski definition) is 1. The summed E-state index contributed by atoms with van der Waals surface area (Å²) < 4.78 is 49.3. The molecule has 1 aliphatic carbocycles. The number of hydrogen-bond acceptors (Lipinski definition) is 7. The minimum Gasteiger partial charge on any atom is -0.507 e. The quantitative estimate of drug-likeness (QED) is 0.563. The maximum atomic E-state index is 13.3. The molecule has 0 radical (unpaired) electrons. The van der Waals surface area contributed by atoms with Crippen LogP contribution in [0.4, 0.5) is 18.0 Å². The molecule has 1 aromatic heterocycles. The second kappa shape index (κ2) is 10.8.